The van der Waals surface area contributed by atoms with E-state index in [0.717, 1.165) is 23.7 Å². The fourth-order valence-corrected chi connectivity index (χ4v) is 3.03. The van der Waals surface area contributed by atoms with E-state index in [1.165, 1.54) is 18.5 Å². The third-order valence-corrected chi connectivity index (χ3v) is 4.09. The summed E-state index contributed by atoms with van der Waals surface area (Å²) in [5, 5.41) is 0.779. The van der Waals surface area contributed by atoms with E-state index in [1.807, 2.05) is 12.1 Å². The van der Waals surface area contributed by atoms with Crippen molar-refractivity contribution in [3.8, 4) is 0 Å². The number of piperidine rings is 1. The molecule has 3 heteroatoms. The number of halogens is 2. The number of benzene rings is 1. The average molecular weight is 272 g/mol. The molecular weight excluding hydrogens is 253 g/mol. The predicted molar refractivity (Wildman–Crippen MR) is 76.2 cm³/mol. The molecule has 0 aromatic heterocycles. The van der Waals surface area contributed by atoms with E-state index in [2.05, 4.69) is 24.8 Å². The van der Waals surface area contributed by atoms with Gasteiger partial charge in [-0.1, -0.05) is 31.5 Å². The molecule has 17 heavy (non-hydrogen) atoms. The largest absolute Gasteiger partial charge is 0.371 e. The van der Waals surface area contributed by atoms with Crippen LogP contribution < -0.4 is 4.90 Å². The maximum Gasteiger partial charge on any atom is 0.0488 e. The summed E-state index contributed by atoms with van der Waals surface area (Å²) in [6.07, 6.45) is 2.55. The maximum atomic E-state index is 6.21. The Bertz CT molecular complexity index is 401. The Hall–Kier alpha value is -0.400. The van der Waals surface area contributed by atoms with Crippen LogP contribution >= 0.6 is 23.2 Å². The summed E-state index contributed by atoms with van der Waals surface area (Å²) in [7, 11) is 0. The number of hydrogen-bond acceptors (Lipinski definition) is 1. The minimum Gasteiger partial charge on any atom is -0.371 e. The van der Waals surface area contributed by atoms with E-state index in [4.69, 9.17) is 23.2 Å². The lowest BCUT2D eigenvalue weighted by molar-refractivity contribution is 0.293. The van der Waals surface area contributed by atoms with Gasteiger partial charge in [-0.05, 0) is 36.0 Å². The van der Waals surface area contributed by atoms with E-state index in [0.29, 0.717) is 11.3 Å². The molecule has 1 heterocycles. The first kappa shape index (κ1) is 13.0. The molecule has 0 bridgehead atoms. The predicted octanol–water partition coefficient (Wildman–Crippen LogP) is 4.71. The second-order valence-corrected chi connectivity index (χ2v) is 6.27. The average Bonchev–Trinajstić information content (AvgIpc) is 2.27. The van der Waals surface area contributed by atoms with Crippen molar-refractivity contribution >= 4 is 28.9 Å². The molecule has 1 aliphatic rings. The van der Waals surface area contributed by atoms with Gasteiger partial charge in [-0.25, -0.2) is 0 Å². The molecular formula is C14H19Cl2N. The molecule has 0 saturated carbocycles. The van der Waals surface area contributed by atoms with Crippen LogP contribution in [0.15, 0.2) is 18.2 Å². The number of alkyl halides is 1. The van der Waals surface area contributed by atoms with Crippen molar-refractivity contribution in [1.29, 1.82) is 0 Å². The molecule has 0 N–H and O–H groups in total. The Labute approximate surface area is 114 Å². The lowest BCUT2D eigenvalue weighted by atomic mass is 9.84. The molecule has 0 aliphatic carbocycles. The maximum absolute atomic E-state index is 6.21. The van der Waals surface area contributed by atoms with Crippen LogP contribution in [-0.4, -0.2) is 13.1 Å². The van der Waals surface area contributed by atoms with Crippen LogP contribution in [0.3, 0.4) is 0 Å². The second kappa shape index (κ2) is 5.07. The van der Waals surface area contributed by atoms with Crippen molar-refractivity contribution in [3.05, 3.63) is 28.8 Å². The first-order chi connectivity index (χ1) is 8.02. The van der Waals surface area contributed by atoms with E-state index in [9.17, 15) is 0 Å². The molecule has 2 rings (SSSR count). The third kappa shape index (κ3) is 3.08. The number of rotatable bonds is 2. The van der Waals surface area contributed by atoms with Crippen LogP contribution in [0, 0.1) is 5.41 Å². The molecule has 1 saturated heterocycles. The van der Waals surface area contributed by atoms with Crippen LogP contribution in [-0.2, 0) is 5.88 Å². The van der Waals surface area contributed by atoms with Crippen LogP contribution in [0.25, 0.3) is 0 Å². The van der Waals surface area contributed by atoms with E-state index in [1.54, 1.807) is 0 Å². The monoisotopic (exact) mass is 271 g/mol. The summed E-state index contributed by atoms with van der Waals surface area (Å²) in [4.78, 5) is 2.42. The molecule has 1 aromatic rings. The quantitative estimate of drug-likeness (QED) is 0.705. The van der Waals surface area contributed by atoms with Crippen LogP contribution in [0.4, 0.5) is 5.69 Å². The van der Waals surface area contributed by atoms with Crippen molar-refractivity contribution in [2.75, 3.05) is 18.0 Å². The fraction of sp³-hybridized carbons (Fsp3) is 0.571. The van der Waals surface area contributed by atoms with Gasteiger partial charge in [0.1, 0.15) is 0 Å². The SMILES string of the molecule is CC1(C)CCCN(c2ccc(CCl)c(Cl)c2)C1. The molecule has 94 valence electrons. The molecule has 1 nitrogen and oxygen atoms in total. The highest BCUT2D eigenvalue weighted by Gasteiger charge is 2.26. The first-order valence-electron chi connectivity index (χ1n) is 6.11. The van der Waals surface area contributed by atoms with Crippen molar-refractivity contribution in [2.24, 2.45) is 5.41 Å². The minimum absolute atomic E-state index is 0.399. The Balaban J connectivity index is 2.19. The van der Waals surface area contributed by atoms with Crippen molar-refractivity contribution < 1.29 is 0 Å². The van der Waals surface area contributed by atoms with E-state index in [-0.39, 0.29) is 0 Å². The van der Waals surface area contributed by atoms with Gasteiger partial charge in [-0.15, -0.1) is 11.6 Å². The molecule has 0 radical (unpaired) electrons. The van der Waals surface area contributed by atoms with Gasteiger partial charge in [-0.3, -0.25) is 0 Å². The molecule has 0 amide bonds. The summed E-state index contributed by atoms with van der Waals surface area (Å²) < 4.78 is 0. The molecule has 1 fully saturated rings. The lowest BCUT2D eigenvalue weighted by Gasteiger charge is -2.39. The van der Waals surface area contributed by atoms with Crippen molar-refractivity contribution in [1.82, 2.24) is 0 Å². The highest BCUT2D eigenvalue weighted by molar-refractivity contribution is 6.32. The molecule has 0 spiro atoms. The fourth-order valence-electron chi connectivity index (χ4n) is 2.48. The molecule has 1 aliphatic heterocycles. The summed E-state index contributed by atoms with van der Waals surface area (Å²) in [5.41, 5.74) is 2.63. The Morgan fingerprint density at radius 1 is 1.35 bits per heavy atom. The second-order valence-electron chi connectivity index (χ2n) is 5.60. The zero-order valence-electron chi connectivity index (χ0n) is 10.5. The van der Waals surface area contributed by atoms with Gasteiger partial charge in [0.15, 0.2) is 0 Å². The zero-order chi connectivity index (χ0) is 12.5. The molecule has 1 aromatic carbocycles. The number of anilines is 1. The first-order valence-corrected chi connectivity index (χ1v) is 7.02. The Morgan fingerprint density at radius 3 is 2.71 bits per heavy atom. The standard InChI is InChI=1S/C14H19Cl2N/c1-14(2)6-3-7-17(10-14)12-5-4-11(9-15)13(16)8-12/h4-5,8H,3,6-7,9-10H2,1-2H3. The summed E-state index contributed by atoms with van der Waals surface area (Å²) >= 11 is 12.0. The summed E-state index contributed by atoms with van der Waals surface area (Å²) in [6, 6.07) is 6.21. The van der Waals surface area contributed by atoms with Gasteiger partial charge in [0.25, 0.3) is 0 Å². The lowest BCUT2D eigenvalue weighted by Crippen LogP contribution is -2.40. The summed E-state index contributed by atoms with van der Waals surface area (Å²) in [6.45, 7) is 6.88. The van der Waals surface area contributed by atoms with E-state index >= 15 is 0 Å². The van der Waals surface area contributed by atoms with Gasteiger partial charge < -0.3 is 4.90 Å². The van der Waals surface area contributed by atoms with Crippen molar-refractivity contribution in [2.45, 2.75) is 32.6 Å². The highest BCUT2D eigenvalue weighted by Crippen LogP contribution is 2.33. The van der Waals surface area contributed by atoms with Gasteiger partial charge in [0, 0.05) is 29.7 Å². The number of hydrogen-bond donors (Lipinski definition) is 0. The molecule has 0 atom stereocenters. The van der Waals surface area contributed by atoms with Crippen molar-refractivity contribution in [3.63, 3.8) is 0 Å². The zero-order valence-corrected chi connectivity index (χ0v) is 12.0. The third-order valence-electron chi connectivity index (χ3n) is 3.45. The van der Waals surface area contributed by atoms with Crippen LogP contribution in [0.2, 0.25) is 5.02 Å². The normalized spacial score (nSPS) is 19.4. The smallest absolute Gasteiger partial charge is 0.0488 e. The van der Waals surface area contributed by atoms with E-state index < -0.39 is 0 Å². The molecule has 0 unspecified atom stereocenters. The van der Waals surface area contributed by atoms with Gasteiger partial charge >= 0.3 is 0 Å². The van der Waals surface area contributed by atoms with Crippen LogP contribution in [0.5, 0.6) is 0 Å². The van der Waals surface area contributed by atoms with Gasteiger partial charge in [0.05, 0.1) is 0 Å². The topological polar surface area (TPSA) is 3.24 Å². The van der Waals surface area contributed by atoms with Crippen LogP contribution in [0.1, 0.15) is 32.3 Å². The minimum atomic E-state index is 0.399. The highest BCUT2D eigenvalue weighted by atomic mass is 35.5. The van der Waals surface area contributed by atoms with Gasteiger partial charge in [0.2, 0.25) is 0 Å². The Morgan fingerprint density at radius 2 is 2.12 bits per heavy atom. The van der Waals surface area contributed by atoms with Gasteiger partial charge in [-0.2, -0.15) is 0 Å². The number of nitrogens with zero attached hydrogens (tertiary/aromatic N) is 1. The Kier molecular flexibility index (Phi) is 3.89. The summed E-state index contributed by atoms with van der Waals surface area (Å²) in [5.74, 6) is 0.477.